The summed E-state index contributed by atoms with van der Waals surface area (Å²) in [5.74, 6) is 2.31. The molecule has 3 aromatic rings. The van der Waals surface area contributed by atoms with Crippen LogP contribution in [-0.4, -0.2) is 74.2 Å². The number of methoxy groups -OCH3 is 2. The number of nitrogens with zero attached hydrogens (tertiary/aromatic N) is 4. The summed E-state index contributed by atoms with van der Waals surface area (Å²) in [4.78, 5) is 25.2. The van der Waals surface area contributed by atoms with Crippen LogP contribution in [0, 0.1) is 0 Å². The van der Waals surface area contributed by atoms with Gasteiger partial charge in [-0.15, -0.1) is 0 Å². The van der Waals surface area contributed by atoms with Crippen LogP contribution < -0.4 is 19.7 Å². The quantitative estimate of drug-likeness (QED) is 0.357. The van der Waals surface area contributed by atoms with Crippen LogP contribution in [0.4, 0.5) is 11.5 Å². The van der Waals surface area contributed by atoms with Crippen molar-refractivity contribution < 1.29 is 14.3 Å². The number of anilines is 2. The fourth-order valence-corrected chi connectivity index (χ4v) is 5.73. The van der Waals surface area contributed by atoms with Gasteiger partial charge in [0.05, 0.1) is 20.3 Å². The molecule has 1 saturated heterocycles. The van der Waals surface area contributed by atoms with Crippen molar-refractivity contribution in [3.8, 4) is 11.5 Å². The first-order valence-electron chi connectivity index (χ1n) is 13.9. The summed E-state index contributed by atoms with van der Waals surface area (Å²) >= 11 is 0. The Morgan fingerprint density at radius 1 is 0.974 bits per heavy atom. The van der Waals surface area contributed by atoms with E-state index < -0.39 is 0 Å². The minimum atomic E-state index is -0.0972. The first-order chi connectivity index (χ1) is 19.1. The van der Waals surface area contributed by atoms with Gasteiger partial charge in [-0.3, -0.25) is 4.79 Å². The number of likely N-dealkylation sites (N-methyl/N-ethyl adjacent to an activating group) is 1. The highest BCUT2D eigenvalue weighted by atomic mass is 16.5. The lowest BCUT2D eigenvalue weighted by atomic mass is 9.99. The third-order valence-electron chi connectivity index (χ3n) is 7.93. The first kappa shape index (κ1) is 26.8. The van der Waals surface area contributed by atoms with Gasteiger partial charge in [0, 0.05) is 62.3 Å². The standard InChI is InChI=1S/C31H39N5O3/c1-4-34-17-19-35(20-18-34)27-10-7-9-24-25(27)22-36(31(24)37)26(11-8-16-33-30-12-5-6-15-32-30)23-13-14-28(38-2)29(21-23)39-3/h5-7,9-10,12-15,21,26H,4,8,11,16-20,22H2,1-3H3,(H,32,33)/t26-/m1/s1. The summed E-state index contributed by atoms with van der Waals surface area (Å²) in [6.45, 7) is 8.73. The Hall–Kier alpha value is -3.78. The number of ether oxygens (including phenoxy) is 2. The lowest BCUT2D eigenvalue weighted by molar-refractivity contribution is 0.0690. The highest BCUT2D eigenvalue weighted by Gasteiger charge is 2.36. The molecule has 1 atom stereocenters. The lowest BCUT2D eigenvalue weighted by Gasteiger charge is -2.36. The van der Waals surface area contributed by atoms with E-state index in [1.54, 1.807) is 20.4 Å². The zero-order valence-electron chi connectivity index (χ0n) is 23.2. The summed E-state index contributed by atoms with van der Waals surface area (Å²) in [7, 11) is 3.29. The van der Waals surface area contributed by atoms with Crippen molar-refractivity contribution in [2.75, 3.05) is 63.7 Å². The van der Waals surface area contributed by atoms with Crippen LogP contribution in [0.2, 0.25) is 0 Å². The second-order valence-electron chi connectivity index (χ2n) is 10.1. The summed E-state index contributed by atoms with van der Waals surface area (Å²) in [6, 6.07) is 17.9. The fraction of sp³-hybridized carbons (Fsp3) is 0.419. The molecule has 0 spiro atoms. The van der Waals surface area contributed by atoms with Gasteiger partial charge in [-0.05, 0) is 61.3 Å². The number of carbonyl (C=O) groups excluding carboxylic acids is 1. The molecule has 8 heteroatoms. The molecule has 0 unspecified atom stereocenters. The van der Waals surface area contributed by atoms with Gasteiger partial charge in [-0.1, -0.05) is 25.1 Å². The van der Waals surface area contributed by atoms with Crippen LogP contribution in [0.1, 0.15) is 47.3 Å². The van der Waals surface area contributed by atoms with Crippen molar-refractivity contribution in [2.24, 2.45) is 0 Å². The van der Waals surface area contributed by atoms with Gasteiger partial charge < -0.3 is 29.5 Å². The van der Waals surface area contributed by atoms with Crippen LogP contribution in [0.3, 0.4) is 0 Å². The Bertz CT molecular complexity index is 1260. The second-order valence-corrected chi connectivity index (χ2v) is 10.1. The summed E-state index contributed by atoms with van der Waals surface area (Å²) in [6.07, 6.45) is 3.47. The minimum Gasteiger partial charge on any atom is -0.493 e. The number of nitrogens with one attached hydrogen (secondary N) is 1. The number of amides is 1. The number of benzene rings is 2. The Morgan fingerprint density at radius 2 is 1.79 bits per heavy atom. The smallest absolute Gasteiger partial charge is 0.255 e. The minimum absolute atomic E-state index is 0.0940. The van der Waals surface area contributed by atoms with Crippen LogP contribution in [0.25, 0.3) is 0 Å². The molecule has 2 aromatic carbocycles. The molecule has 39 heavy (non-hydrogen) atoms. The predicted octanol–water partition coefficient (Wildman–Crippen LogP) is 4.83. The number of rotatable bonds is 11. The maximum atomic E-state index is 13.9. The molecule has 0 bridgehead atoms. The monoisotopic (exact) mass is 529 g/mol. The van der Waals surface area contributed by atoms with Gasteiger partial charge in [-0.25, -0.2) is 4.98 Å². The number of aromatic nitrogens is 1. The normalized spacial score (nSPS) is 16.2. The van der Waals surface area contributed by atoms with E-state index in [2.05, 4.69) is 39.2 Å². The summed E-state index contributed by atoms with van der Waals surface area (Å²) in [5, 5.41) is 3.40. The van der Waals surface area contributed by atoms with Gasteiger partial charge in [0.15, 0.2) is 11.5 Å². The number of hydrogen-bond donors (Lipinski definition) is 1. The zero-order valence-corrected chi connectivity index (χ0v) is 23.2. The molecule has 1 aromatic heterocycles. The van der Waals surface area contributed by atoms with E-state index in [9.17, 15) is 4.79 Å². The molecule has 0 radical (unpaired) electrons. The van der Waals surface area contributed by atoms with E-state index in [0.717, 1.165) is 74.6 Å². The Labute approximate surface area is 231 Å². The summed E-state index contributed by atoms with van der Waals surface area (Å²) < 4.78 is 11.1. The van der Waals surface area contributed by atoms with E-state index in [1.807, 2.05) is 47.4 Å². The summed E-state index contributed by atoms with van der Waals surface area (Å²) in [5.41, 5.74) is 4.21. The van der Waals surface area contributed by atoms with E-state index in [1.165, 1.54) is 5.69 Å². The van der Waals surface area contributed by atoms with Crippen molar-refractivity contribution >= 4 is 17.4 Å². The Balaban J connectivity index is 1.39. The average molecular weight is 530 g/mol. The van der Waals surface area contributed by atoms with Gasteiger partial charge >= 0.3 is 0 Å². The average Bonchev–Trinajstić information content (AvgIpc) is 3.33. The molecule has 1 N–H and O–H groups in total. The third-order valence-corrected chi connectivity index (χ3v) is 7.93. The van der Waals surface area contributed by atoms with Crippen LogP contribution >= 0.6 is 0 Å². The third kappa shape index (κ3) is 5.81. The molecule has 3 heterocycles. The maximum absolute atomic E-state index is 13.9. The van der Waals surface area contributed by atoms with Crippen LogP contribution in [0.5, 0.6) is 11.5 Å². The van der Waals surface area contributed by atoms with Crippen molar-refractivity contribution in [3.63, 3.8) is 0 Å². The van der Waals surface area contributed by atoms with Crippen LogP contribution in [0.15, 0.2) is 60.8 Å². The molecule has 8 nitrogen and oxygen atoms in total. The maximum Gasteiger partial charge on any atom is 0.255 e. The molecule has 2 aliphatic heterocycles. The molecule has 0 saturated carbocycles. The van der Waals surface area contributed by atoms with Gasteiger partial charge in [-0.2, -0.15) is 0 Å². The molecule has 206 valence electrons. The number of carbonyl (C=O) groups is 1. The number of hydrogen-bond acceptors (Lipinski definition) is 7. The van der Waals surface area contributed by atoms with Gasteiger partial charge in [0.2, 0.25) is 0 Å². The molecule has 1 amide bonds. The highest BCUT2D eigenvalue weighted by molar-refractivity contribution is 6.00. The molecule has 5 rings (SSSR count). The predicted molar refractivity (Wildman–Crippen MR) is 155 cm³/mol. The van der Waals surface area contributed by atoms with E-state index in [0.29, 0.717) is 18.0 Å². The SMILES string of the molecule is CCN1CCN(c2cccc3c2CN([C@H](CCCNc2ccccn2)c2ccc(OC)c(OC)c2)C3=O)CC1. The Morgan fingerprint density at radius 3 is 2.51 bits per heavy atom. The second kappa shape index (κ2) is 12.4. The molecule has 2 aliphatic rings. The van der Waals surface area contributed by atoms with Gasteiger partial charge in [0.1, 0.15) is 5.82 Å². The van der Waals surface area contributed by atoms with E-state index in [4.69, 9.17) is 9.47 Å². The van der Waals surface area contributed by atoms with Crippen molar-refractivity contribution in [1.82, 2.24) is 14.8 Å². The first-order valence-corrected chi connectivity index (χ1v) is 13.9. The molecular formula is C31H39N5O3. The van der Waals surface area contributed by atoms with Crippen LogP contribution in [-0.2, 0) is 6.54 Å². The fourth-order valence-electron chi connectivity index (χ4n) is 5.73. The topological polar surface area (TPSA) is 70.2 Å². The highest BCUT2D eigenvalue weighted by Crippen LogP contribution is 2.40. The Kier molecular flexibility index (Phi) is 8.51. The van der Waals surface area contributed by atoms with E-state index in [-0.39, 0.29) is 11.9 Å². The lowest BCUT2D eigenvalue weighted by Crippen LogP contribution is -2.46. The van der Waals surface area contributed by atoms with Gasteiger partial charge in [0.25, 0.3) is 5.91 Å². The number of pyridine rings is 1. The number of fused-ring (bicyclic) bond motifs is 1. The van der Waals surface area contributed by atoms with E-state index >= 15 is 0 Å². The number of piperazine rings is 1. The van der Waals surface area contributed by atoms with Crippen molar-refractivity contribution in [1.29, 1.82) is 0 Å². The zero-order chi connectivity index (χ0) is 27.2. The van der Waals surface area contributed by atoms with Crippen molar-refractivity contribution in [3.05, 3.63) is 77.5 Å². The molecule has 1 fully saturated rings. The molecular weight excluding hydrogens is 490 g/mol. The van der Waals surface area contributed by atoms with Crippen molar-refractivity contribution in [2.45, 2.75) is 32.4 Å². The largest absolute Gasteiger partial charge is 0.493 e. The molecule has 0 aliphatic carbocycles.